The highest BCUT2D eigenvalue weighted by Gasteiger charge is 2.19. The lowest BCUT2D eigenvalue weighted by molar-refractivity contribution is -0.122. The molecular weight excluding hydrogens is 322 g/mol. The number of hydrogen-bond donors (Lipinski definition) is 2. The van der Waals surface area contributed by atoms with Gasteiger partial charge in [0.2, 0.25) is 11.9 Å². The van der Waals surface area contributed by atoms with E-state index in [0.717, 1.165) is 22.7 Å². The van der Waals surface area contributed by atoms with Crippen LogP contribution in [-0.4, -0.2) is 38.9 Å². The van der Waals surface area contributed by atoms with Gasteiger partial charge >= 0.3 is 0 Å². The number of thioether (sulfide) groups is 1. The van der Waals surface area contributed by atoms with E-state index < -0.39 is 0 Å². The van der Waals surface area contributed by atoms with Crippen molar-refractivity contribution in [3.8, 4) is 0 Å². The van der Waals surface area contributed by atoms with Crippen molar-refractivity contribution in [2.75, 3.05) is 17.3 Å². The quantitative estimate of drug-likeness (QED) is 0.764. The molecule has 7 heteroatoms. The predicted octanol–water partition coefficient (Wildman–Crippen LogP) is 2.34. The summed E-state index contributed by atoms with van der Waals surface area (Å²) in [5.74, 6) is 1.33. The van der Waals surface area contributed by atoms with Gasteiger partial charge in [0.25, 0.3) is 0 Å². The second-order valence-corrected chi connectivity index (χ2v) is 6.51. The molecule has 0 bridgehead atoms. The van der Waals surface area contributed by atoms with E-state index in [1.807, 2.05) is 38.3 Å². The normalized spacial score (nSPS) is 11.8. The third-order valence-corrected chi connectivity index (χ3v) is 4.07. The van der Waals surface area contributed by atoms with Crippen molar-refractivity contribution in [2.24, 2.45) is 0 Å². The molecule has 0 fully saturated rings. The summed E-state index contributed by atoms with van der Waals surface area (Å²) >= 11 is 1.71. The number of carbonyl (C=O) groups excluding carboxylic acids is 1. The van der Waals surface area contributed by atoms with Gasteiger partial charge in [0.05, 0.1) is 0 Å². The Morgan fingerprint density at radius 2 is 1.88 bits per heavy atom. The molecule has 0 unspecified atom stereocenters. The van der Waals surface area contributed by atoms with E-state index in [2.05, 4.69) is 25.6 Å². The summed E-state index contributed by atoms with van der Waals surface area (Å²) in [6.45, 7) is 4.31. The number of aromatic nitrogens is 3. The summed E-state index contributed by atoms with van der Waals surface area (Å²) in [6, 6.07) is 5.32. The molecule has 24 heavy (non-hydrogen) atoms. The molecule has 0 aliphatic carbocycles. The number of aryl methyl sites for hydroxylation is 2. The van der Waals surface area contributed by atoms with E-state index in [4.69, 9.17) is 0 Å². The minimum absolute atomic E-state index is 0.0522. The first-order valence-corrected chi connectivity index (χ1v) is 9.22. The highest BCUT2D eigenvalue weighted by molar-refractivity contribution is 7.98. The van der Waals surface area contributed by atoms with E-state index in [1.54, 1.807) is 24.2 Å². The SMILES string of the molecule is CSCC[C@H](Nc1nc(C)cc(C)n1)C(=O)NCc1ccncc1. The number of nitrogens with zero attached hydrogens (tertiary/aromatic N) is 3. The molecule has 0 radical (unpaired) electrons. The maximum absolute atomic E-state index is 12.5. The first-order valence-electron chi connectivity index (χ1n) is 7.83. The Balaban J connectivity index is 2.01. The van der Waals surface area contributed by atoms with Gasteiger partial charge in [-0.05, 0) is 56.0 Å². The average molecular weight is 345 g/mol. The molecular formula is C17H23N5OS. The molecule has 0 aliphatic heterocycles. The van der Waals surface area contributed by atoms with Gasteiger partial charge in [0.1, 0.15) is 6.04 Å². The number of rotatable bonds is 8. The molecule has 0 aromatic carbocycles. The second-order valence-electron chi connectivity index (χ2n) is 5.53. The van der Waals surface area contributed by atoms with Gasteiger partial charge < -0.3 is 10.6 Å². The van der Waals surface area contributed by atoms with E-state index in [0.29, 0.717) is 18.9 Å². The molecule has 0 saturated heterocycles. The lowest BCUT2D eigenvalue weighted by Crippen LogP contribution is -2.40. The minimum Gasteiger partial charge on any atom is -0.350 e. The van der Waals surface area contributed by atoms with Gasteiger partial charge in [-0.2, -0.15) is 11.8 Å². The van der Waals surface area contributed by atoms with Crippen LogP contribution in [-0.2, 0) is 11.3 Å². The molecule has 2 aromatic rings. The molecule has 6 nitrogen and oxygen atoms in total. The molecule has 2 N–H and O–H groups in total. The van der Waals surface area contributed by atoms with Crippen molar-refractivity contribution in [1.82, 2.24) is 20.3 Å². The second kappa shape index (κ2) is 9.22. The molecule has 2 heterocycles. The molecule has 128 valence electrons. The largest absolute Gasteiger partial charge is 0.350 e. The zero-order valence-electron chi connectivity index (χ0n) is 14.2. The lowest BCUT2D eigenvalue weighted by atomic mass is 10.2. The fourth-order valence-electron chi connectivity index (χ4n) is 2.26. The maximum Gasteiger partial charge on any atom is 0.242 e. The van der Waals surface area contributed by atoms with Crippen LogP contribution in [0.4, 0.5) is 5.95 Å². The van der Waals surface area contributed by atoms with Crippen LogP contribution < -0.4 is 10.6 Å². The van der Waals surface area contributed by atoms with Crippen LogP contribution >= 0.6 is 11.8 Å². The highest BCUT2D eigenvalue weighted by Crippen LogP contribution is 2.10. The van der Waals surface area contributed by atoms with Gasteiger partial charge in [-0.3, -0.25) is 9.78 Å². The average Bonchev–Trinajstić information content (AvgIpc) is 2.56. The van der Waals surface area contributed by atoms with Gasteiger partial charge in [-0.1, -0.05) is 0 Å². The van der Waals surface area contributed by atoms with Gasteiger partial charge in [0.15, 0.2) is 0 Å². The standard InChI is InChI=1S/C17H23N5OS/c1-12-10-13(2)21-17(20-12)22-15(6-9-24-3)16(23)19-11-14-4-7-18-8-5-14/h4-5,7-8,10,15H,6,9,11H2,1-3H3,(H,19,23)(H,20,21,22)/t15-/m0/s1. The Labute approximate surface area is 146 Å². The number of pyridine rings is 1. The highest BCUT2D eigenvalue weighted by atomic mass is 32.2. The summed E-state index contributed by atoms with van der Waals surface area (Å²) in [5, 5.41) is 6.13. The Hall–Kier alpha value is -2.15. The Kier molecular flexibility index (Phi) is 6.99. The van der Waals surface area contributed by atoms with Crippen LogP contribution in [0, 0.1) is 13.8 Å². The zero-order chi connectivity index (χ0) is 17.4. The Morgan fingerprint density at radius 3 is 2.50 bits per heavy atom. The van der Waals surface area contributed by atoms with Crippen molar-refractivity contribution in [3.05, 3.63) is 47.5 Å². The number of hydrogen-bond acceptors (Lipinski definition) is 6. The molecule has 0 spiro atoms. The fraction of sp³-hybridized carbons (Fsp3) is 0.412. The first-order chi connectivity index (χ1) is 11.6. The van der Waals surface area contributed by atoms with Crippen molar-refractivity contribution in [2.45, 2.75) is 32.9 Å². The number of amides is 1. The fourth-order valence-corrected chi connectivity index (χ4v) is 2.74. The van der Waals surface area contributed by atoms with Crippen molar-refractivity contribution < 1.29 is 4.79 Å². The maximum atomic E-state index is 12.5. The zero-order valence-corrected chi connectivity index (χ0v) is 15.1. The Bertz CT molecular complexity index is 645. The molecule has 0 aliphatic rings. The van der Waals surface area contributed by atoms with Crippen molar-refractivity contribution >= 4 is 23.6 Å². The van der Waals surface area contributed by atoms with Crippen molar-refractivity contribution in [1.29, 1.82) is 0 Å². The van der Waals surface area contributed by atoms with E-state index in [9.17, 15) is 4.79 Å². The topological polar surface area (TPSA) is 79.8 Å². The molecule has 1 atom stereocenters. The Morgan fingerprint density at radius 1 is 1.21 bits per heavy atom. The summed E-state index contributed by atoms with van der Waals surface area (Å²) in [5.41, 5.74) is 2.78. The molecule has 2 aromatic heterocycles. The predicted molar refractivity (Wildman–Crippen MR) is 98.0 cm³/mol. The molecule has 2 rings (SSSR count). The van der Waals surface area contributed by atoms with Gasteiger partial charge in [0, 0.05) is 30.3 Å². The van der Waals surface area contributed by atoms with Gasteiger partial charge in [-0.25, -0.2) is 9.97 Å². The van der Waals surface area contributed by atoms with Crippen LogP contribution in [0.5, 0.6) is 0 Å². The van der Waals surface area contributed by atoms with E-state index >= 15 is 0 Å². The lowest BCUT2D eigenvalue weighted by Gasteiger charge is -2.18. The molecule has 1 amide bonds. The van der Waals surface area contributed by atoms with Crippen LogP contribution in [0.1, 0.15) is 23.4 Å². The van der Waals surface area contributed by atoms with Crippen LogP contribution in [0.25, 0.3) is 0 Å². The number of nitrogens with one attached hydrogen (secondary N) is 2. The minimum atomic E-state index is -0.361. The summed E-state index contributed by atoms with van der Waals surface area (Å²) in [4.78, 5) is 25.2. The monoisotopic (exact) mass is 345 g/mol. The van der Waals surface area contributed by atoms with E-state index in [-0.39, 0.29) is 11.9 Å². The van der Waals surface area contributed by atoms with Crippen molar-refractivity contribution in [3.63, 3.8) is 0 Å². The van der Waals surface area contributed by atoms with Crippen LogP contribution in [0.2, 0.25) is 0 Å². The van der Waals surface area contributed by atoms with Gasteiger partial charge in [-0.15, -0.1) is 0 Å². The summed E-state index contributed by atoms with van der Waals surface area (Å²) in [6.07, 6.45) is 6.17. The third kappa shape index (κ3) is 5.81. The number of carbonyl (C=O) groups is 1. The molecule has 0 saturated carbocycles. The number of anilines is 1. The van der Waals surface area contributed by atoms with Crippen LogP contribution in [0.15, 0.2) is 30.6 Å². The third-order valence-electron chi connectivity index (χ3n) is 3.43. The first kappa shape index (κ1) is 18.2. The summed E-state index contributed by atoms with van der Waals surface area (Å²) in [7, 11) is 0. The summed E-state index contributed by atoms with van der Waals surface area (Å²) < 4.78 is 0. The van der Waals surface area contributed by atoms with E-state index in [1.165, 1.54) is 0 Å². The van der Waals surface area contributed by atoms with Crippen LogP contribution in [0.3, 0.4) is 0 Å². The smallest absolute Gasteiger partial charge is 0.242 e.